The van der Waals surface area contributed by atoms with E-state index in [1.54, 1.807) is 0 Å². The summed E-state index contributed by atoms with van der Waals surface area (Å²) in [6, 6.07) is 7.51. The van der Waals surface area contributed by atoms with Crippen molar-refractivity contribution in [2.75, 3.05) is 6.54 Å². The molecule has 0 fully saturated rings. The van der Waals surface area contributed by atoms with Crippen LogP contribution in [0.4, 0.5) is 0 Å². The third-order valence-electron chi connectivity index (χ3n) is 6.38. The Morgan fingerprint density at radius 2 is 1.88 bits per heavy atom. The quantitative estimate of drug-likeness (QED) is 0.623. The fourth-order valence-corrected chi connectivity index (χ4v) is 4.76. The zero-order valence-corrected chi connectivity index (χ0v) is 19.9. The van der Waals surface area contributed by atoms with Gasteiger partial charge in [0.25, 0.3) is 0 Å². The SMILES string of the molecule is CC(C)CC(CC(N)=O)C(=O)NC1Cc2cn(c3ccccc23)CCCCCCCNC1=O. The Bertz CT molecular complexity index is 966. The van der Waals surface area contributed by atoms with Crippen molar-refractivity contribution in [3.05, 3.63) is 36.0 Å². The fourth-order valence-electron chi connectivity index (χ4n) is 4.76. The van der Waals surface area contributed by atoms with E-state index in [4.69, 9.17) is 5.73 Å². The number of amides is 3. The summed E-state index contributed by atoms with van der Waals surface area (Å²) in [5, 5.41) is 7.07. The molecule has 7 nitrogen and oxygen atoms in total. The normalized spacial score (nSPS) is 19.0. The van der Waals surface area contributed by atoms with Crippen LogP contribution < -0.4 is 16.4 Å². The minimum Gasteiger partial charge on any atom is -0.370 e. The van der Waals surface area contributed by atoms with E-state index >= 15 is 0 Å². The second-order valence-corrected chi connectivity index (χ2v) is 9.69. The zero-order chi connectivity index (χ0) is 23.8. The molecule has 1 aliphatic rings. The van der Waals surface area contributed by atoms with Crippen molar-refractivity contribution in [2.45, 2.75) is 77.8 Å². The number of hydrogen-bond donors (Lipinski definition) is 3. The van der Waals surface area contributed by atoms with Crippen molar-refractivity contribution in [1.29, 1.82) is 0 Å². The van der Waals surface area contributed by atoms with Gasteiger partial charge < -0.3 is 20.9 Å². The molecule has 0 saturated heterocycles. The number of aryl methyl sites for hydroxylation is 1. The maximum absolute atomic E-state index is 13.1. The first-order chi connectivity index (χ1) is 15.8. The van der Waals surface area contributed by atoms with E-state index in [1.807, 2.05) is 26.0 Å². The van der Waals surface area contributed by atoms with Crippen LogP contribution in [0.25, 0.3) is 10.9 Å². The first-order valence-electron chi connectivity index (χ1n) is 12.3. The molecule has 0 saturated carbocycles. The monoisotopic (exact) mass is 454 g/mol. The molecule has 33 heavy (non-hydrogen) atoms. The second-order valence-electron chi connectivity index (χ2n) is 9.69. The molecular weight excluding hydrogens is 416 g/mol. The first-order valence-corrected chi connectivity index (χ1v) is 12.3. The topological polar surface area (TPSA) is 106 Å². The predicted molar refractivity (Wildman–Crippen MR) is 130 cm³/mol. The van der Waals surface area contributed by atoms with E-state index in [2.05, 4.69) is 33.5 Å². The van der Waals surface area contributed by atoms with E-state index in [9.17, 15) is 14.4 Å². The molecule has 180 valence electrons. The van der Waals surface area contributed by atoms with Crippen LogP contribution >= 0.6 is 0 Å². The Balaban J connectivity index is 1.88. The van der Waals surface area contributed by atoms with Gasteiger partial charge in [0.15, 0.2) is 0 Å². The van der Waals surface area contributed by atoms with Gasteiger partial charge in [0, 0.05) is 48.9 Å². The number of aromatic nitrogens is 1. The molecule has 2 heterocycles. The standard InChI is InChI=1S/C26H38N4O3/c1-18(2)14-19(16-24(27)31)25(32)29-22-15-20-17-30(23-11-7-6-10-21(20)23)13-9-5-3-4-8-12-28-26(22)33/h6-7,10-11,17-19,22H,3-5,8-9,12-16H2,1-2H3,(H2,27,31)(H,28,33)(H,29,32). The van der Waals surface area contributed by atoms with Gasteiger partial charge in [-0.1, -0.05) is 51.3 Å². The highest BCUT2D eigenvalue weighted by molar-refractivity contribution is 5.91. The summed E-state index contributed by atoms with van der Waals surface area (Å²) in [6.07, 6.45) is 8.49. The number of primary amides is 1. The van der Waals surface area contributed by atoms with E-state index in [0.717, 1.165) is 48.7 Å². The zero-order valence-electron chi connectivity index (χ0n) is 19.9. The average molecular weight is 455 g/mol. The number of nitrogens with one attached hydrogen (secondary N) is 2. The van der Waals surface area contributed by atoms with Gasteiger partial charge in [0.05, 0.1) is 0 Å². The van der Waals surface area contributed by atoms with E-state index in [0.29, 0.717) is 19.4 Å². The van der Waals surface area contributed by atoms with Gasteiger partial charge >= 0.3 is 0 Å². The number of nitrogens with two attached hydrogens (primary N) is 1. The van der Waals surface area contributed by atoms with Gasteiger partial charge in [-0.3, -0.25) is 14.4 Å². The number of carbonyl (C=O) groups excluding carboxylic acids is 3. The molecule has 0 spiro atoms. The molecule has 2 aromatic rings. The van der Waals surface area contributed by atoms with Crippen molar-refractivity contribution < 1.29 is 14.4 Å². The Labute approximate surface area is 196 Å². The number of fused-ring (bicyclic) bond motifs is 5. The largest absolute Gasteiger partial charge is 0.370 e. The highest BCUT2D eigenvalue weighted by Crippen LogP contribution is 2.24. The number of hydrogen-bond acceptors (Lipinski definition) is 3. The summed E-state index contributed by atoms with van der Waals surface area (Å²) < 4.78 is 2.27. The predicted octanol–water partition coefficient (Wildman–Crippen LogP) is 3.29. The summed E-state index contributed by atoms with van der Waals surface area (Å²) in [4.78, 5) is 37.8. The number of benzene rings is 1. The third-order valence-corrected chi connectivity index (χ3v) is 6.38. The molecule has 0 aliphatic carbocycles. The highest BCUT2D eigenvalue weighted by atomic mass is 16.2. The van der Waals surface area contributed by atoms with Crippen LogP contribution in [-0.2, 0) is 27.3 Å². The van der Waals surface area contributed by atoms with Crippen molar-refractivity contribution in [3.8, 4) is 0 Å². The van der Waals surface area contributed by atoms with Crippen molar-refractivity contribution in [2.24, 2.45) is 17.6 Å². The van der Waals surface area contributed by atoms with Crippen LogP contribution in [-0.4, -0.2) is 34.9 Å². The van der Waals surface area contributed by atoms with Crippen LogP contribution in [0.15, 0.2) is 30.5 Å². The lowest BCUT2D eigenvalue weighted by molar-refractivity contribution is -0.133. The summed E-state index contributed by atoms with van der Waals surface area (Å²) in [7, 11) is 0. The molecule has 7 heteroatoms. The Kier molecular flexibility index (Phi) is 8.92. The maximum Gasteiger partial charge on any atom is 0.242 e. The number of rotatable bonds is 6. The van der Waals surface area contributed by atoms with Gasteiger partial charge in [0.2, 0.25) is 17.7 Å². The second kappa shape index (κ2) is 11.9. The maximum atomic E-state index is 13.1. The third kappa shape index (κ3) is 7.07. The number of nitrogens with zero attached hydrogens (tertiary/aromatic N) is 1. The van der Waals surface area contributed by atoms with E-state index in [1.165, 1.54) is 6.42 Å². The van der Waals surface area contributed by atoms with Crippen molar-refractivity contribution in [1.82, 2.24) is 15.2 Å². The molecule has 3 amide bonds. The molecule has 2 atom stereocenters. The fraction of sp³-hybridized carbons (Fsp3) is 0.577. The van der Waals surface area contributed by atoms with Gasteiger partial charge in [-0.25, -0.2) is 0 Å². The van der Waals surface area contributed by atoms with Gasteiger partial charge in [-0.2, -0.15) is 0 Å². The van der Waals surface area contributed by atoms with E-state index in [-0.39, 0.29) is 24.2 Å². The first kappa shape index (κ1) is 24.8. The minimum absolute atomic E-state index is 0.0162. The van der Waals surface area contributed by atoms with Crippen LogP contribution in [0.5, 0.6) is 0 Å². The smallest absolute Gasteiger partial charge is 0.242 e. The van der Waals surface area contributed by atoms with Gasteiger partial charge in [-0.15, -0.1) is 0 Å². The van der Waals surface area contributed by atoms with Crippen molar-refractivity contribution in [3.63, 3.8) is 0 Å². The highest BCUT2D eigenvalue weighted by Gasteiger charge is 2.28. The van der Waals surface area contributed by atoms with Crippen LogP contribution in [0.3, 0.4) is 0 Å². The summed E-state index contributed by atoms with van der Waals surface area (Å²) in [5.41, 5.74) is 7.59. The Morgan fingerprint density at radius 3 is 2.64 bits per heavy atom. The van der Waals surface area contributed by atoms with Gasteiger partial charge in [-0.05, 0) is 36.8 Å². The Morgan fingerprint density at radius 1 is 1.15 bits per heavy atom. The summed E-state index contributed by atoms with van der Waals surface area (Å²) >= 11 is 0. The van der Waals surface area contributed by atoms with E-state index < -0.39 is 17.9 Å². The summed E-state index contributed by atoms with van der Waals surface area (Å²) in [5.74, 6) is -1.28. The average Bonchev–Trinajstić information content (AvgIpc) is 3.10. The lowest BCUT2D eigenvalue weighted by atomic mass is 9.92. The molecule has 1 aromatic heterocycles. The number of carbonyl (C=O) groups is 3. The summed E-state index contributed by atoms with van der Waals surface area (Å²) in [6.45, 7) is 5.55. The molecule has 2 unspecified atom stereocenters. The van der Waals surface area contributed by atoms with Gasteiger partial charge in [0.1, 0.15) is 6.04 Å². The molecular formula is C26H38N4O3. The molecule has 4 N–H and O–H groups in total. The van der Waals surface area contributed by atoms with Crippen molar-refractivity contribution >= 4 is 28.6 Å². The lowest BCUT2D eigenvalue weighted by Gasteiger charge is -2.23. The van der Waals surface area contributed by atoms with Crippen LogP contribution in [0.1, 0.15) is 64.4 Å². The molecule has 1 aliphatic heterocycles. The minimum atomic E-state index is -0.706. The van der Waals surface area contributed by atoms with Crippen LogP contribution in [0.2, 0.25) is 0 Å². The molecule has 1 aromatic carbocycles. The lowest BCUT2D eigenvalue weighted by Crippen LogP contribution is -2.50. The number of para-hydroxylation sites is 1. The Hall–Kier alpha value is -2.83. The molecule has 3 rings (SSSR count). The molecule has 0 radical (unpaired) electrons. The molecule has 2 bridgehead atoms. The van der Waals surface area contributed by atoms with Crippen LogP contribution in [0, 0.1) is 11.8 Å².